The maximum atomic E-state index is 13.3. The summed E-state index contributed by atoms with van der Waals surface area (Å²) in [6.07, 6.45) is 6.87. The molecular formula is C27H28O2P. The molecule has 1 aliphatic carbocycles. The van der Waals surface area contributed by atoms with Gasteiger partial charge in [-0.3, -0.25) is 4.79 Å². The van der Waals surface area contributed by atoms with E-state index in [0.29, 0.717) is 5.92 Å². The van der Waals surface area contributed by atoms with Crippen molar-refractivity contribution in [1.29, 1.82) is 0 Å². The Hall–Kier alpha value is -2.18. The molecule has 2 nitrogen and oxygen atoms in total. The van der Waals surface area contributed by atoms with Gasteiger partial charge in [0.05, 0.1) is 0 Å². The molecule has 0 aromatic heterocycles. The topological polar surface area (TPSA) is 26.3 Å². The molecule has 1 aliphatic rings. The number of carbonyl (C=O) groups is 1. The number of esters is 1. The number of hydrogen-bond donors (Lipinski definition) is 0. The zero-order valence-corrected chi connectivity index (χ0v) is 18.6. The van der Waals surface area contributed by atoms with Crippen molar-refractivity contribution in [2.45, 2.75) is 32.8 Å². The number of carbonyl (C=O) groups excluding carboxylic acids is 1. The summed E-state index contributed by atoms with van der Waals surface area (Å²) >= 11 is 0. The molecule has 0 saturated heterocycles. The van der Waals surface area contributed by atoms with Crippen LogP contribution in [-0.4, -0.2) is 12.1 Å². The summed E-state index contributed by atoms with van der Waals surface area (Å²) in [6, 6.07) is 20.7. The number of hydrogen-bond acceptors (Lipinski definition) is 2. The summed E-state index contributed by atoms with van der Waals surface area (Å²) in [4.78, 5) is 13.3. The normalized spacial score (nSPS) is 14.9. The molecule has 0 spiro atoms. The highest BCUT2D eigenvalue weighted by atomic mass is 31.1. The van der Waals surface area contributed by atoms with Crippen LogP contribution in [0.25, 0.3) is 0 Å². The van der Waals surface area contributed by atoms with E-state index in [9.17, 15) is 4.79 Å². The van der Waals surface area contributed by atoms with Crippen LogP contribution in [-0.2, 0) is 9.53 Å². The highest BCUT2D eigenvalue weighted by molar-refractivity contribution is 7.76. The first-order valence-electron chi connectivity index (χ1n) is 10.3. The van der Waals surface area contributed by atoms with Crippen molar-refractivity contribution in [3.05, 3.63) is 116 Å². The van der Waals surface area contributed by atoms with Gasteiger partial charge in [0.1, 0.15) is 12.0 Å². The quantitative estimate of drug-likeness (QED) is 0.298. The lowest BCUT2D eigenvalue weighted by atomic mass is 10.00. The van der Waals surface area contributed by atoms with E-state index in [-0.39, 0.29) is 5.97 Å². The molecule has 30 heavy (non-hydrogen) atoms. The second kappa shape index (κ2) is 10.7. The Kier molecular flexibility index (Phi) is 8.05. The van der Waals surface area contributed by atoms with E-state index in [4.69, 9.17) is 4.74 Å². The van der Waals surface area contributed by atoms with E-state index in [2.05, 4.69) is 37.4 Å². The summed E-state index contributed by atoms with van der Waals surface area (Å²) < 4.78 is 5.94. The summed E-state index contributed by atoms with van der Waals surface area (Å²) in [7, 11) is -0.871. The third-order valence-corrected chi connectivity index (χ3v) is 7.66. The van der Waals surface area contributed by atoms with Crippen LogP contribution in [0.15, 0.2) is 85.0 Å². The highest BCUT2D eigenvalue weighted by Crippen LogP contribution is 2.56. The van der Waals surface area contributed by atoms with Crippen LogP contribution >= 0.6 is 7.92 Å². The lowest BCUT2D eigenvalue weighted by molar-refractivity contribution is -0.142. The molecule has 0 atom stereocenters. The zero-order valence-electron chi connectivity index (χ0n) is 17.7. The first-order valence-corrected chi connectivity index (χ1v) is 11.6. The minimum atomic E-state index is -0.871. The van der Waals surface area contributed by atoms with E-state index in [1.54, 1.807) is 0 Å². The standard InChI is InChI=1S/C27H28O2P/c1-5-20(3)26(21(4)6-2)29-27(28)24-18-13-19-25(24)30(22-14-9-7-10-15-22)23-16-11-8-12-17-23/h7-19,26H,3-6H2,1-2H3. The van der Waals surface area contributed by atoms with Gasteiger partial charge in [-0.15, -0.1) is 0 Å². The lowest BCUT2D eigenvalue weighted by Gasteiger charge is -2.29. The van der Waals surface area contributed by atoms with Gasteiger partial charge in [0.25, 0.3) is 0 Å². The number of ether oxygens (including phenoxy) is 1. The van der Waals surface area contributed by atoms with Crippen LogP contribution in [0.3, 0.4) is 0 Å². The monoisotopic (exact) mass is 415 g/mol. The van der Waals surface area contributed by atoms with Gasteiger partial charge in [0.2, 0.25) is 0 Å². The number of rotatable bonds is 9. The minimum Gasteiger partial charge on any atom is -0.453 e. The van der Waals surface area contributed by atoms with Gasteiger partial charge in [-0.2, -0.15) is 0 Å². The van der Waals surface area contributed by atoms with Crippen LogP contribution in [0.2, 0.25) is 0 Å². The van der Waals surface area contributed by atoms with Crippen molar-refractivity contribution in [1.82, 2.24) is 0 Å². The third kappa shape index (κ3) is 5.10. The van der Waals surface area contributed by atoms with Crippen molar-refractivity contribution in [2.75, 3.05) is 0 Å². The molecule has 3 heteroatoms. The Morgan fingerprint density at radius 2 is 1.37 bits per heavy atom. The van der Waals surface area contributed by atoms with Gasteiger partial charge in [0.15, 0.2) is 0 Å². The molecule has 2 aromatic carbocycles. The van der Waals surface area contributed by atoms with E-state index < -0.39 is 14.0 Å². The first kappa shape index (κ1) is 22.5. The summed E-state index contributed by atoms with van der Waals surface area (Å²) in [5.74, 6) is 0.301. The fraction of sp³-hybridized carbons (Fsp3) is 0.185. The molecule has 0 aliphatic heterocycles. The largest absolute Gasteiger partial charge is 0.453 e. The Labute approximate surface area is 182 Å². The second-order valence-corrected chi connectivity index (χ2v) is 9.33. The lowest BCUT2D eigenvalue weighted by Crippen LogP contribution is -2.29. The Bertz CT molecular complexity index is 803. The average molecular weight is 415 g/mol. The predicted molar refractivity (Wildman–Crippen MR) is 127 cm³/mol. The molecule has 1 saturated carbocycles. The van der Waals surface area contributed by atoms with E-state index in [1.807, 2.05) is 69.5 Å². The SMILES string of the molecule is C=C(CC)C(OC(=O)[C]1[CH][CH][CH][C]1P(c1ccccc1)c1ccccc1)C(=C)CC. The van der Waals surface area contributed by atoms with Gasteiger partial charge in [0, 0.05) is 5.66 Å². The average Bonchev–Trinajstić information content (AvgIpc) is 3.27. The summed E-state index contributed by atoms with van der Waals surface area (Å²) in [5.41, 5.74) is 2.75. The van der Waals surface area contributed by atoms with Crippen LogP contribution in [0.4, 0.5) is 0 Å². The van der Waals surface area contributed by atoms with E-state index >= 15 is 0 Å². The maximum absolute atomic E-state index is 13.3. The van der Waals surface area contributed by atoms with Gasteiger partial charge >= 0.3 is 5.97 Å². The molecule has 3 rings (SSSR count). The Balaban J connectivity index is 1.89. The molecule has 153 valence electrons. The van der Waals surface area contributed by atoms with Crippen LogP contribution in [0, 0.1) is 30.8 Å². The predicted octanol–water partition coefficient (Wildman–Crippen LogP) is 5.70. The molecule has 0 N–H and O–H groups in total. The van der Waals surface area contributed by atoms with Crippen LogP contribution in [0.5, 0.6) is 0 Å². The van der Waals surface area contributed by atoms with E-state index in [0.717, 1.165) is 29.6 Å². The van der Waals surface area contributed by atoms with Gasteiger partial charge < -0.3 is 4.74 Å². The van der Waals surface area contributed by atoms with Crippen molar-refractivity contribution < 1.29 is 9.53 Å². The Morgan fingerprint density at radius 3 is 1.83 bits per heavy atom. The molecule has 1 fully saturated rings. The first-order chi connectivity index (χ1) is 14.6. The molecule has 5 radical (unpaired) electrons. The fourth-order valence-corrected chi connectivity index (χ4v) is 5.79. The van der Waals surface area contributed by atoms with Crippen LogP contribution in [0.1, 0.15) is 26.7 Å². The molecule has 2 aromatic rings. The minimum absolute atomic E-state index is 0.316. The Morgan fingerprint density at radius 1 is 0.867 bits per heavy atom. The summed E-state index contributed by atoms with van der Waals surface area (Å²) in [6.45, 7) is 12.2. The second-order valence-electron chi connectivity index (χ2n) is 7.14. The highest BCUT2D eigenvalue weighted by Gasteiger charge is 2.43. The fourth-order valence-electron chi connectivity index (χ4n) is 3.36. The smallest absolute Gasteiger partial charge is 0.315 e. The van der Waals surface area contributed by atoms with Crippen molar-refractivity contribution in [2.24, 2.45) is 0 Å². The zero-order chi connectivity index (χ0) is 21.5. The van der Waals surface area contributed by atoms with E-state index in [1.165, 1.54) is 10.6 Å². The summed E-state index contributed by atoms with van der Waals surface area (Å²) in [5, 5.41) is 2.40. The third-order valence-electron chi connectivity index (χ3n) is 5.16. The van der Waals surface area contributed by atoms with Crippen LogP contribution < -0.4 is 10.6 Å². The maximum Gasteiger partial charge on any atom is 0.315 e. The molecule has 0 bridgehead atoms. The molecular weight excluding hydrogens is 387 g/mol. The van der Waals surface area contributed by atoms with Gasteiger partial charge in [-0.25, -0.2) is 0 Å². The number of benzene rings is 2. The van der Waals surface area contributed by atoms with Crippen molar-refractivity contribution >= 4 is 24.5 Å². The van der Waals surface area contributed by atoms with Gasteiger partial charge in [-0.1, -0.05) is 87.7 Å². The molecule has 0 heterocycles. The molecule has 0 amide bonds. The molecule has 0 unspecified atom stereocenters. The van der Waals surface area contributed by atoms with Gasteiger partial charge in [-0.05, 0) is 61.8 Å². The van der Waals surface area contributed by atoms with Crippen molar-refractivity contribution in [3.63, 3.8) is 0 Å². The van der Waals surface area contributed by atoms with Crippen molar-refractivity contribution in [3.8, 4) is 0 Å².